The second-order valence-electron chi connectivity index (χ2n) is 5.42. The standard InChI is InChI=1S/C17H21N3O/c1-13(2)11-18-16-9-8-15(12-19-16)20-17(21)10-14-6-4-3-5-7-14/h3-9,12-13H,10-11H2,1-2H3,(H,18,19)(H,20,21). The first-order valence-electron chi connectivity index (χ1n) is 7.17. The van der Waals surface area contributed by atoms with Crippen molar-refractivity contribution in [2.45, 2.75) is 20.3 Å². The number of aromatic nitrogens is 1. The number of carbonyl (C=O) groups excluding carboxylic acids is 1. The molecule has 4 nitrogen and oxygen atoms in total. The van der Waals surface area contributed by atoms with Crippen LogP contribution in [0, 0.1) is 5.92 Å². The van der Waals surface area contributed by atoms with E-state index in [2.05, 4.69) is 29.5 Å². The van der Waals surface area contributed by atoms with Crippen molar-refractivity contribution in [2.24, 2.45) is 5.92 Å². The van der Waals surface area contributed by atoms with E-state index in [1.54, 1.807) is 6.20 Å². The minimum absolute atomic E-state index is 0.0362. The molecule has 1 aromatic heterocycles. The summed E-state index contributed by atoms with van der Waals surface area (Å²) in [6.45, 7) is 5.17. The summed E-state index contributed by atoms with van der Waals surface area (Å²) >= 11 is 0. The van der Waals surface area contributed by atoms with E-state index in [0.717, 1.165) is 17.9 Å². The molecule has 0 saturated heterocycles. The van der Waals surface area contributed by atoms with Crippen LogP contribution in [0.2, 0.25) is 0 Å². The summed E-state index contributed by atoms with van der Waals surface area (Å²) in [6, 6.07) is 13.4. The Morgan fingerprint density at radius 3 is 2.52 bits per heavy atom. The third-order valence-corrected chi connectivity index (χ3v) is 2.95. The van der Waals surface area contributed by atoms with Gasteiger partial charge in [0.2, 0.25) is 5.91 Å². The second-order valence-corrected chi connectivity index (χ2v) is 5.42. The first-order valence-corrected chi connectivity index (χ1v) is 7.17. The van der Waals surface area contributed by atoms with Gasteiger partial charge in [0.1, 0.15) is 5.82 Å². The molecule has 0 saturated carbocycles. The number of amides is 1. The Hall–Kier alpha value is -2.36. The van der Waals surface area contributed by atoms with Crippen molar-refractivity contribution in [1.82, 2.24) is 4.98 Å². The summed E-state index contributed by atoms with van der Waals surface area (Å²) in [7, 11) is 0. The third kappa shape index (κ3) is 5.26. The lowest BCUT2D eigenvalue weighted by Crippen LogP contribution is -2.15. The van der Waals surface area contributed by atoms with Crippen LogP contribution in [0.5, 0.6) is 0 Å². The summed E-state index contributed by atoms with van der Waals surface area (Å²) < 4.78 is 0. The zero-order chi connectivity index (χ0) is 15.1. The Morgan fingerprint density at radius 1 is 1.14 bits per heavy atom. The van der Waals surface area contributed by atoms with Gasteiger partial charge in [0.05, 0.1) is 18.3 Å². The van der Waals surface area contributed by atoms with Gasteiger partial charge in [0.15, 0.2) is 0 Å². The van der Waals surface area contributed by atoms with E-state index in [0.29, 0.717) is 18.0 Å². The first kappa shape index (κ1) is 15.0. The monoisotopic (exact) mass is 283 g/mol. The van der Waals surface area contributed by atoms with Crippen LogP contribution in [-0.4, -0.2) is 17.4 Å². The maximum Gasteiger partial charge on any atom is 0.228 e. The molecule has 4 heteroatoms. The summed E-state index contributed by atoms with van der Waals surface area (Å²) in [5, 5.41) is 6.09. The molecule has 1 amide bonds. The molecule has 2 N–H and O–H groups in total. The minimum atomic E-state index is -0.0362. The van der Waals surface area contributed by atoms with Gasteiger partial charge in [-0.25, -0.2) is 4.98 Å². The van der Waals surface area contributed by atoms with E-state index < -0.39 is 0 Å². The van der Waals surface area contributed by atoms with Gasteiger partial charge in [-0.2, -0.15) is 0 Å². The molecule has 0 aliphatic rings. The average Bonchev–Trinajstić information content (AvgIpc) is 2.47. The molecule has 2 aromatic rings. The molecule has 0 spiro atoms. The van der Waals surface area contributed by atoms with Crippen molar-refractivity contribution in [1.29, 1.82) is 0 Å². The highest BCUT2D eigenvalue weighted by Crippen LogP contribution is 2.11. The highest BCUT2D eigenvalue weighted by Gasteiger charge is 2.04. The van der Waals surface area contributed by atoms with E-state index in [-0.39, 0.29) is 5.91 Å². The average molecular weight is 283 g/mol. The third-order valence-electron chi connectivity index (χ3n) is 2.95. The number of hydrogen-bond donors (Lipinski definition) is 2. The van der Waals surface area contributed by atoms with E-state index >= 15 is 0 Å². The molecule has 0 bridgehead atoms. The van der Waals surface area contributed by atoms with Crippen molar-refractivity contribution in [2.75, 3.05) is 17.2 Å². The summed E-state index contributed by atoms with van der Waals surface area (Å²) in [5.74, 6) is 1.35. The largest absolute Gasteiger partial charge is 0.370 e. The molecular weight excluding hydrogens is 262 g/mol. The number of nitrogens with zero attached hydrogens (tertiary/aromatic N) is 1. The molecular formula is C17H21N3O. The van der Waals surface area contributed by atoms with Crippen molar-refractivity contribution >= 4 is 17.4 Å². The number of benzene rings is 1. The fraction of sp³-hybridized carbons (Fsp3) is 0.294. The number of rotatable bonds is 6. The zero-order valence-corrected chi connectivity index (χ0v) is 12.5. The van der Waals surface area contributed by atoms with Crippen LogP contribution in [0.3, 0.4) is 0 Å². The fourth-order valence-corrected chi connectivity index (χ4v) is 1.87. The number of nitrogens with one attached hydrogen (secondary N) is 2. The summed E-state index contributed by atoms with van der Waals surface area (Å²) in [5.41, 5.74) is 1.71. The molecule has 0 atom stereocenters. The van der Waals surface area contributed by atoms with Crippen molar-refractivity contribution in [3.05, 3.63) is 54.2 Å². The molecule has 21 heavy (non-hydrogen) atoms. The van der Waals surface area contributed by atoms with Crippen molar-refractivity contribution in [3.63, 3.8) is 0 Å². The number of carbonyl (C=O) groups is 1. The van der Waals surface area contributed by atoms with E-state index in [9.17, 15) is 4.79 Å². The lowest BCUT2D eigenvalue weighted by Gasteiger charge is -2.09. The Kier molecular flexibility index (Phi) is 5.32. The SMILES string of the molecule is CC(C)CNc1ccc(NC(=O)Cc2ccccc2)cn1. The smallest absolute Gasteiger partial charge is 0.228 e. The van der Waals surface area contributed by atoms with Gasteiger partial charge in [0, 0.05) is 6.54 Å². The lowest BCUT2D eigenvalue weighted by atomic mass is 10.1. The minimum Gasteiger partial charge on any atom is -0.370 e. The van der Waals surface area contributed by atoms with Crippen LogP contribution >= 0.6 is 0 Å². The van der Waals surface area contributed by atoms with Crippen LogP contribution in [0.15, 0.2) is 48.7 Å². The van der Waals surface area contributed by atoms with E-state index in [4.69, 9.17) is 0 Å². The Morgan fingerprint density at radius 2 is 1.90 bits per heavy atom. The molecule has 110 valence electrons. The fourth-order valence-electron chi connectivity index (χ4n) is 1.87. The molecule has 0 fully saturated rings. The molecule has 2 rings (SSSR count). The van der Waals surface area contributed by atoms with Gasteiger partial charge < -0.3 is 10.6 Å². The normalized spacial score (nSPS) is 10.4. The molecule has 0 radical (unpaired) electrons. The number of hydrogen-bond acceptors (Lipinski definition) is 3. The number of anilines is 2. The van der Waals surface area contributed by atoms with Gasteiger partial charge in [0.25, 0.3) is 0 Å². The van der Waals surface area contributed by atoms with E-state index in [1.165, 1.54) is 0 Å². The lowest BCUT2D eigenvalue weighted by molar-refractivity contribution is -0.115. The molecule has 1 heterocycles. The Labute approximate surface area is 125 Å². The highest BCUT2D eigenvalue weighted by atomic mass is 16.1. The van der Waals surface area contributed by atoms with E-state index in [1.807, 2.05) is 42.5 Å². The Bertz CT molecular complexity index is 564. The van der Waals surface area contributed by atoms with Crippen LogP contribution in [-0.2, 0) is 11.2 Å². The van der Waals surface area contributed by atoms with Crippen molar-refractivity contribution in [3.8, 4) is 0 Å². The molecule has 0 aliphatic heterocycles. The van der Waals surface area contributed by atoms with Gasteiger partial charge in [-0.3, -0.25) is 4.79 Å². The molecule has 0 aliphatic carbocycles. The van der Waals surface area contributed by atoms with Gasteiger partial charge in [-0.1, -0.05) is 44.2 Å². The number of pyridine rings is 1. The van der Waals surface area contributed by atoms with Gasteiger partial charge in [-0.15, -0.1) is 0 Å². The zero-order valence-electron chi connectivity index (χ0n) is 12.5. The van der Waals surface area contributed by atoms with Gasteiger partial charge in [-0.05, 0) is 23.6 Å². The maximum absolute atomic E-state index is 11.9. The molecule has 0 unspecified atom stereocenters. The van der Waals surface area contributed by atoms with Gasteiger partial charge >= 0.3 is 0 Å². The topological polar surface area (TPSA) is 54.0 Å². The highest BCUT2D eigenvalue weighted by molar-refractivity contribution is 5.92. The maximum atomic E-state index is 11.9. The van der Waals surface area contributed by atoms with Crippen LogP contribution in [0.4, 0.5) is 11.5 Å². The summed E-state index contributed by atoms with van der Waals surface area (Å²) in [4.78, 5) is 16.2. The molecule has 1 aromatic carbocycles. The second kappa shape index (κ2) is 7.43. The van der Waals surface area contributed by atoms with Crippen LogP contribution in [0.25, 0.3) is 0 Å². The predicted octanol–water partition coefficient (Wildman–Crippen LogP) is 3.33. The quantitative estimate of drug-likeness (QED) is 0.855. The van der Waals surface area contributed by atoms with Crippen LogP contribution in [0.1, 0.15) is 19.4 Å². The summed E-state index contributed by atoms with van der Waals surface area (Å²) in [6.07, 6.45) is 2.04. The first-order chi connectivity index (χ1) is 10.1. The van der Waals surface area contributed by atoms with Crippen LogP contribution < -0.4 is 10.6 Å². The Balaban J connectivity index is 1.86. The van der Waals surface area contributed by atoms with Crippen molar-refractivity contribution < 1.29 is 4.79 Å². The predicted molar refractivity (Wildman–Crippen MR) is 86.3 cm³/mol.